The van der Waals surface area contributed by atoms with E-state index >= 15 is 0 Å². The highest BCUT2D eigenvalue weighted by Crippen LogP contribution is 2.36. The number of hydrogen-bond acceptors (Lipinski definition) is 2. The van der Waals surface area contributed by atoms with Crippen molar-refractivity contribution < 1.29 is 27.1 Å². The molecule has 0 fully saturated rings. The lowest BCUT2D eigenvalue weighted by Gasteiger charge is -2.11. The van der Waals surface area contributed by atoms with Gasteiger partial charge in [-0.1, -0.05) is 11.6 Å². The van der Waals surface area contributed by atoms with E-state index < -0.39 is 34.1 Å². The van der Waals surface area contributed by atoms with Crippen LogP contribution in [0.5, 0.6) is 0 Å². The van der Waals surface area contributed by atoms with Crippen molar-refractivity contribution in [1.82, 2.24) is 0 Å². The first-order valence-electron chi connectivity index (χ1n) is 4.50. The van der Waals surface area contributed by atoms with Gasteiger partial charge in [-0.05, 0) is 19.1 Å². The standard InChI is InChI=1S/C10H7ClF4O2/c1-2-17-9(16)5-3-7(11)6(4-8(5)12)10(13,14)15/h3-4H,2H2,1H3. The zero-order chi connectivity index (χ0) is 13.2. The summed E-state index contributed by atoms with van der Waals surface area (Å²) in [7, 11) is 0. The lowest BCUT2D eigenvalue weighted by molar-refractivity contribution is -0.137. The summed E-state index contributed by atoms with van der Waals surface area (Å²) in [4.78, 5) is 11.2. The van der Waals surface area contributed by atoms with Gasteiger partial charge in [-0.3, -0.25) is 0 Å². The number of carbonyl (C=O) groups excluding carboxylic acids is 1. The van der Waals surface area contributed by atoms with Crippen LogP contribution in [0.4, 0.5) is 17.6 Å². The molecule has 7 heteroatoms. The average Bonchev–Trinajstić information content (AvgIpc) is 2.19. The van der Waals surface area contributed by atoms with E-state index in [2.05, 4.69) is 4.74 Å². The number of hydrogen-bond donors (Lipinski definition) is 0. The predicted molar refractivity (Wildman–Crippen MR) is 52.4 cm³/mol. The maximum Gasteiger partial charge on any atom is 0.417 e. The molecule has 1 rings (SSSR count). The molecule has 2 nitrogen and oxygen atoms in total. The van der Waals surface area contributed by atoms with Gasteiger partial charge in [0.2, 0.25) is 0 Å². The van der Waals surface area contributed by atoms with E-state index in [1.807, 2.05) is 0 Å². The van der Waals surface area contributed by atoms with Crippen LogP contribution in [0.2, 0.25) is 5.02 Å². The molecule has 0 heterocycles. The smallest absolute Gasteiger partial charge is 0.417 e. The molecule has 94 valence electrons. The van der Waals surface area contributed by atoms with Gasteiger partial charge in [0.25, 0.3) is 0 Å². The second-order valence-corrected chi connectivity index (χ2v) is 3.44. The third-order valence-corrected chi connectivity index (χ3v) is 2.17. The molecule has 0 N–H and O–H groups in total. The van der Waals surface area contributed by atoms with Crippen molar-refractivity contribution in [1.29, 1.82) is 0 Å². The summed E-state index contributed by atoms with van der Waals surface area (Å²) in [5, 5.41) is -0.748. The zero-order valence-corrected chi connectivity index (χ0v) is 9.32. The van der Waals surface area contributed by atoms with Gasteiger partial charge >= 0.3 is 12.1 Å². The third-order valence-electron chi connectivity index (χ3n) is 1.86. The van der Waals surface area contributed by atoms with Crippen LogP contribution in [-0.2, 0) is 10.9 Å². The summed E-state index contributed by atoms with van der Waals surface area (Å²) >= 11 is 5.34. The van der Waals surface area contributed by atoms with Gasteiger partial charge in [0.15, 0.2) is 0 Å². The average molecular weight is 271 g/mol. The molecule has 0 radical (unpaired) electrons. The fraction of sp³-hybridized carbons (Fsp3) is 0.300. The van der Waals surface area contributed by atoms with Crippen LogP contribution >= 0.6 is 11.6 Å². The van der Waals surface area contributed by atoms with E-state index in [9.17, 15) is 22.4 Å². The number of esters is 1. The lowest BCUT2D eigenvalue weighted by Crippen LogP contribution is -2.11. The number of ether oxygens (including phenoxy) is 1. The molecule has 1 aromatic rings. The molecule has 0 amide bonds. The SMILES string of the molecule is CCOC(=O)c1cc(Cl)c(C(F)(F)F)cc1F. The first-order valence-corrected chi connectivity index (χ1v) is 4.88. The Balaban J connectivity index is 3.23. The molecule has 0 saturated heterocycles. The van der Waals surface area contributed by atoms with Crippen LogP contribution in [0.25, 0.3) is 0 Å². The highest BCUT2D eigenvalue weighted by atomic mass is 35.5. The fourth-order valence-electron chi connectivity index (χ4n) is 1.13. The Kier molecular flexibility index (Phi) is 3.98. The molecule has 17 heavy (non-hydrogen) atoms. The molecule has 0 bridgehead atoms. The highest BCUT2D eigenvalue weighted by molar-refractivity contribution is 6.31. The summed E-state index contributed by atoms with van der Waals surface area (Å²) in [6, 6.07) is 0.784. The number of halogens is 5. The number of rotatable bonds is 2. The van der Waals surface area contributed by atoms with E-state index in [4.69, 9.17) is 11.6 Å². The monoisotopic (exact) mass is 270 g/mol. The van der Waals surface area contributed by atoms with Crippen molar-refractivity contribution in [2.75, 3.05) is 6.61 Å². The molecule has 0 aliphatic rings. The molecule has 0 spiro atoms. The van der Waals surface area contributed by atoms with E-state index in [1.165, 1.54) is 6.92 Å². The molecule has 0 aromatic heterocycles. The maximum atomic E-state index is 13.3. The summed E-state index contributed by atoms with van der Waals surface area (Å²) in [5.41, 5.74) is -1.95. The topological polar surface area (TPSA) is 26.3 Å². The molecular weight excluding hydrogens is 264 g/mol. The lowest BCUT2D eigenvalue weighted by atomic mass is 10.1. The van der Waals surface area contributed by atoms with Gasteiger partial charge < -0.3 is 4.74 Å². The second kappa shape index (κ2) is 4.91. The molecule has 0 aliphatic heterocycles. The minimum absolute atomic E-state index is 0.0169. The van der Waals surface area contributed by atoms with E-state index in [0.29, 0.717) is 6.07 Å². The van der Waals surface area contributed by atoms with Crippen LogP contribution in [0, 0.1) is 5.82 Å². The van der Waals surface area contributed by atoms with Gasteiger partial charge in [0.1, 0.15) is 5.82 Å². The number of alkyl halides is 3. The summed E-state index contributed by atoms with van der Waals surface area (Å²) < 4.78 is 54.8. The molecule has 1 aromatic carbocycles. The van der Waals surface area contributed by atoms with Gasteiger partial charge in [-0.2, -0.15) is 13.2 Å². The van der Waals surface area contributed by atoms with Crippen molar-refractivity contribution in [2.24, 2.45) is 0 Å². The Morgan fingerprint density at radius 1 is 1.41 bits per heavy atom. The molecule has 0 unspecified atom stereocenters. The van der Waals surface area contributed by atoms with Crippen molar-refractivity contribution in [3.8, 4) is 0 Å². The molecule has 0 aliphatic carbocycles. The maximum absolute atomic E-state index is 13.3. The van der Waals surface area contributed by atoms with Crippen molar-refractivity contribution >= 4 is 17.6 Å². The molecule has 0 atom stereocenters. The quantitative estimate of drug-likeness (QED) is 0.605. The minimum atomic E-state index is -4.77. The zero-order valence-electron chi connectivity index (χ0n) is 8.57. The first kappa shape index (κ1) is 13.8. The van der Waals surface area contributed by atoms with Crippen molar-refractivity contribution in [2.45, 2.75) is 13.1 Å². The minimum Gasteiger partial charge on any atom is -0.462 e. The number of benzene rings is 1. The third kappa shape index (κ3) is 3.09. The molecular formula is C10H7ClF4O2. The highest BCUT2D eigenvalue weighted by Gasteiger charge is 2.35. The summed E-state index contributed by atoms with van der Waals surface area (Å²) in [5.74, 6) is -2.37. The second-order valence-electron chi connectivity index (χ2n) is 3.03. The van der Waals surface area contributed by atoms with Crippen LogP contribution in [0.15, 0.2) is 12.1 Å². The van der Waals surface area contributed by atoms with Crippen molar-refractivity contribution in [3.05, 3.63) is 34.1 Å². The van der Waals surface area contributed by atoms with E-state index in [1.54, 1.807) is 0 Å². The van der Waals surface area contributed by atoms with E-state index in [0.717, 1.165) is 0 Å². The normalized spacial score (nSPS) is 11.4. The largest absolute Gasteiger partial charge is 0.462 e. The first-order chi connectivity index (χ1) is 7.77. The molecule has 0 saturated carbocycles. The van der Waals surface area contributed by atoms with Crippen LogP contribution in [-0.4, -0.2) is 12.6 Å². The fourth-order valence-corrected chi connectivity index (χ4v) is 1.40. The predicted octanol–water partition coefficient (Wildman–Crippen LogP) is 3.67. The summed E-state index contributed by atoms with van der Waals surface area (Å²) in [6.45, 7) is 1.47. The van der Waals surface area contributed by atoms with Crippen molar-refractivity contribution in [3.63, 3.8) is 0 Å². The van der Waals surface area contributed by atoms with Crippen LogP contribution < -0.4 is 0 Å². The van der Waals surface area contributed by atoms with Gasteiger partial charge in [-0.15, -0.1) is 0 Å². The van der Waals surface area contributed by atoms with Gasteiger partial charge in [-0.25, -0.2) is 9.18 Å². The summed E-state index contributed by atoms with van der Waals surface area (Å²) in [6.07, 6.45) is -4.77. The Morgan fingerprint density at radius 3 is 2.47 bits per heavy atom. The van der Waals surface area contributed by atoms with E-state index in [-0.39, 0.29) is 12.7 Å². The Hall–Kier alpha value is -1.30. The van der Waals surface area contributed by atoms with Crippen LogP contribution in [0.3, 0.4) is 0 Å². The Morgan fingerprint density at radius 2 is 2.00 bits per heavy atom. The van der Waals surface area contributed by atoms with Crippen LogP contribution in [0.1, 0.15) is 22.8 Å². The number of carbonyl (C=O) groups is 1. The van der Waals surface area contributed by atoms with Gasteiger partial charge in [0.05, 0.1) is 22.8 Å². The van der Waals surface area contributed by atoms with Gasteiger partial charge in [0, 0.05) is 0 Å². The Bertz CT molecular complexity index is 443. The Labute approximate surface area is 99.1 Å².